The van der Waals surface area contributed by atoms with Crippen LogP contribution in [0.15, 0.2) is 0 Å². The van der Waals surface area contributed by atoms with Crippen LogP contribution in [0.1, 0.15) is 45.4 Å². The average molecular weight is 303 g/mol. The van der Waals surface area contributed by atoms with Crippen LogP contribution in [0, 0.1) is 11.8 Å². The quantitative estimate of drug-likeness (QED) is 0.819. The molecule has 5 atom stereocenters. The highest BCUT2D eigenvalue weighted by Gasteiger charge is 2.39. The highest BCUT2D eigenvalue weighted by atomic mass is 35.5. The van der Waals surface area contributed by atoms with Gasteiger partial charge in [0.15, 0.2) is 0 Å². The summed E-state index contributed by atoms with van der Waals surface area (Å²) in [4.78, 5) is 12.4. The number of hydrogen-bond donors (Lipinski definition) is 2. The van der Waals surface area contributed by atoms with E-state index in [0.717, 1.165) is 38.8 Å². The van der Waals surface area contributed by atoms with Crippen molar-refractivity contribution in [2.75, 3.05) is 13.2 Å². The molecule has 3 aliphatic rings. The molecule has 4 nitrogen and oxygen atoms in total. The minimum atomic E-state index is 0. The number of carbonyl (C=O) groups is 1. The number of piperidine rings is 1. The van der Waals surface area contributed by atoms with Crippen LogP contribution in [0.3, 0.4) is 0 Å². The van der Waals surface area contributed by atoms with Crippen molar-refractivity contribution in [3.05, 3.63) is 0 Å². The second-order valence-corrected chi connectivity index (χ2v) is 6.48. The molecule has 0 bridgehead atoms. The predicted octanol–water partition coefficient (Wildman–Crippen LogP) is 1.87. The summed E-state index contributed by atoms with van der Waals surface area (Å²) in [6, 6.07) is 0.831. The lowest BCUT2D eigenvalue weighted by molar-refractivity contribution is -0.127. The number of ether oxygens (including phenoxy) is 1. The fourth-order valence-corrected chi connectivity index (χ4v) is 4.03. The summed E-state index contributed by atoms with van der Waals surface area (Å²) in [6.07, 6.45) is 6.99. The molecule has 5 heteroatoms. The molecular formula is C15H27ClN2O2. The maximum Gasteiger partial charge on any atom is 0.223 e. The topological polar surface area (TPSA) is 50.4 Å². The lowest BCUT2D eigenvalue weighted by Crippen LogP contribution is -2.50. The molecule has 0 spiro atoms. The van der Waals surface area contributed by atoms with Crippen molar-refractivity contribution in [1.82, 2.24) is 10.6 Å². The van der Waals surface area contributed by atoms with Gasteiger partial charge in [0.1, 0.15) is 0 Å². The maximum absolute atomic E-state index is 12.4. The molecule has 0 radical (unpaired) electrons. The Kier molecular flexibility index (Phi) is 5.70. The molecule has 0 aromatic rings. The number of nitrogens with one attached hydrogen (secondary N) is 2. The van der Waals surface area contributed by atoms with Crippen LogP contribution in [0.2, 0.25) is 0 Å². The second-order valence-electron chi connectivity index (χ2n) is 6.48. The Balaban J connectivity index is 0.00000147. The third-order valence-corrected chi connectivity index (χ3v) is 5.10. The van der Waals surface area contributed by atoms with Crippen molar-refractivity contribution < 1.29 is 9.53 Å². The first-order chi connectivity index (χ1) is 9.24. The Labute approximate surface area is 127 Å². The van der Waals surface area contributed by atoms with E-state index in [-0.39, 0.29) is 24.2 Å². The first-order valence-electron chi connectivity index (χ1n) is 7.89. The minimum absolute atomic E-state index is 0. The fraction of sp³-hybridized carbons (Fsp3) is 0.933. The van der Waals surface area contributed by atoms with Crippen LogP contribution >= 0.6 is 12.4 Å². The Morgan fingerprint density at radius 2 is 2.10 bits per heavy atom. The third kappa shape index (κ3) is 3.46. The van der Waals surface area contributed by atoms with Crippen LogP contribution in [-0.2, 0) is 9.53 Å². The summed E-state index contributed by atoms with van der Waals surface area (Å²) < 4.78 is 5.77. The standard InChI is InChI=1S/C15H26N2O2.ClH/c1-10-9-11(5-7-16-10)15(18)17-13-3-2-4-14-12(13)6-8-19-14;/h10-14,16H,2-9H2,1H3,(H,17,18);1H/t10-,11-,12?,13?,14?;/m0./s1. The summed E-state index contributed by atoms with van der Waals surface area (Å²) in [6.45, 7) is 4.02. The van der Waals surface area contributed by atoms with Crippen LogP contribution in [0.5, 0.6) is 0 Å². The van der Waals surface area contributed by atoms with Gasteiger partial charge in [-0.25, -0.2) is 0 Å². The largest absolute Gasteiger partial charge is 0.378 e. The first kappa shape index (κ1) is 16.1. The molecule has 20 heavy (non-hydrogen) atoms. The van der Waals surface area contributed by atoms with Gasteiger partial charge in [-0.05, 0) is 52.0 Å². The molecule has 0 aromatic carbocycles. The van der Waals surface area contributed by atoms with Crippen LogP contribution in [0.25, 0.3) is 0 Å². The van der Waals surface area contributed by atoms with Gasteiger partial charge in [0, 0.05) is 30.5 Å². The lowest BCUT2D eigenvalue weighted by atomic mass is 9.81. The van der Waals surface area contributed by atoms with Gasteiger partial charge in [-0.1, -0.05) is 0 Å². The van der Waals surface area contributed by atoms with Gasteiger partial charge < -0.3 is 15.4 Å². The van der Waals surface area contributed by atoms with E-state index < -0.39 is 0 Å². The molecule has 1 aliphatic carbocycles. The second kappa shape index (κ2) is 7.10. The van der Waals surface area contributed by atoms with Crippen LogP contribution in [-0.4, -0.2) is 37.2 Å². The molecule has 2 heterocycles. The van der Waals surface area contributed by atoms with Crippen molar-refractivity contribution in [3.8, 4) is 0 Å². The molecule has 0 aromatic heterocycles. The van der Waals surface area contributed by atoms with Crippen molar-refractivity contribution >= 4 is 18.3 Å². The van der Waals surface area contributed by atoms with E-state index in [1.807, 2.05) is 0 Å². The normalized spacial score (nSPS) is 40.5. The highest BCUT2D eigenvalue weighted by Crippen LogP contribution is 2.34. The van der Waals surface area contributed by atoms with Gasteiger partial charge in [0.25, 0.3) is 0 Å². The van der Waals surface area contributed by atoms with Gasteiger partial charge in [-0.15, -0.1) is 12.4 Å². The number of rotatable bonds is 2. The summed E-state index contributed by atoms with van der Waals surface area (Å²) >= 11 is 0. The van der Waals surface area contributed by atoms with Gasteiger partial charge in [-0.3, -0.25) is 4.79 Å². The molecule has 2 saturated heterocycles. The Bertz CT molecular complexity index is 340. The molecule has 1 amide bonds. The lowest BCUT2D eigenvalue weighted by Gasteiger charge is -2.35. The van der Waals surface area contributed by atoms with E-state index in [1.54, 1.807) is 0 Å². The number of carbonyl (C=O) groups excluding carboxylic acids is 1. The molecule has 2 N–H and O–H groups in total. The van der Waals surface area contributed by atoms with E-state index in [0.29, 0.717) is 24.1 Å². The Morgan fingerprint density at radius 1 is 1.25 bits per heavy atom. The summed E-state index contributed by atoms with van der Waals surface area (Å²) in [7, 11) is 0. The first-order valence-corrected chi connectivity index (χ1v) is 7.89. The van der Waals surface area contributed by atoms with Gasteiger partial charge in [-0.2, -0.15) is 0 Å². The Morgan fingerprint density at radius 3 is 2.90 bits per heavy atom. The Hall–Kier alpha value is -0.320. The molecule has 116 valence electrons. The summed E-state index contributed by atoms with van der Waals surface area (Å²) in [5.74, 6) is 1.06. The van der Waals surface area contributed by atoms with Crippen LogP contribution in [0.4, 0.5) is 0 Å². The zero-order valence-corrected chi connectivity index (χ0v) is 13.1. The smallest absolute Gasteiger partial charge is 0.223 e. The van der Waals surface area contributed by atoms with E-state index in [1.165, 1.54) is 12.8 Å². The highest BCUT2D eigenvalue weighted by molar-refractivity contribution is 5.85. The number of hydrogen-bond acceptors (Lipinski definition) is 3. The number of halogens is 1. The number of fused-ring (bicyclic) bond motifs is 1. The van der Waals surface area contributed by atoms with Gasteiger partial charge in [0.05, 0.1) is 6.10 Å². The maximum atomic E-state index is 12.4. The van der Waals surface area contributed by atoms with Crippen LogP contribution < -0.4 is 10.6 Å². The van der Waals surface area contributed by atoms with Crippen molar-refractivity contribution in [2.45, 2.75) is 63.6 Å². The average Bonchev–Trinajstić information content (AvgIpc) is 2.88. The van der Waals surface area contributed by atoms with Gasteiger partial charge in [0.2, 0.25) is 5.91 Å². The monoisotopic (exact) mass is 302 g/mol. The molecule has 3 rings (SSSR count). The summed E-state index contributed by atoms with van der Waals surface area (Å²) in [5.41, 5.74) is 0. The summed E-state index contributed by atoms with van der Waals surface area (Å²) in [5, 5.41) is 6.74. The minimum Gasteiger partial charge on any atom is -0.378 e. The third-order valence-electron chi connectivity index (χ3n) is 5.10. The SMILES string of the molecule is C[C@H]1C[C@@H](C(=O)NC2CCCC3OCCC23)CCN1.Cl. The zero-order chi connectivity index (χ0) is 13.2. The molecule has 1 saturated carbocycles. The zero-order valence-electron chi connectivity index (χ0n) is 12.3. The molecule has 2 aliphatic heterocycles. The van der Waals surface area contributed by atoms with Crippen molar-refractivity contribution in [1.29, 1.82) is 0 Å². The van der Waals surface area contributed by atoms with E-state index in [9.17, 15) is 4.79 Å². The predicted molar refractivity (Wildman–Crippen MR) is 81.1 cm³/mol. The van der Waals surface area contributed by atoms with Gasteiger partial charge >= 0.3 is 0 Å². The van der Waals surface area contributed by atoms with E-state index >= 15 is 0 Å². The van der Waals surface area contributed by atoms with E-state index in [4.69, 9.17) is 4.74 Å². The van der Waals surface area contributed by atoms with E-state index in [2.05, 4.69) is 17.6 Å². The number of amides is 1. The fourth-order valence-electron chi connectivity index (χ4n) is 4.03. The molecule has 3 unspecified atom stereocenters. The molecular weight excluding hydrogens is 276 g/mol. The van der Waals surface area contributed by atoms with Crippen molar-refractivity contribution in [3.63, 3.8) is 0 Å². The van der Waals surface area contributed by atoms with Crippen molar-refractivity contribution in [2.24, 2.45) is 11.8 Å². The molecule has 3 fully saturated rings.